The van der Waals surface area contributed by atoms with Gasteiger partial charge in [-0.25, -0.2) is 4.98 Å². The first-order valence-electron chi connectivity index (χ1n) is 13.2. The smallest absolute Gasteiger partial charge is 0.290 e. The molecule has 0 spiro atoms. The fourth-order valence-electron chi connectivity index (χ4n) is 5.74. The van der Waals surface area contributed by atoms with Gasteiger partial charge in [0.15, 0.2) is 11.3 Å². The van der Waals surface area contributed by atoms with Gasteiger partial charge in [-0.2, -0.15) is 0 Å². The topological polar surface area (TPSA) is 86.9 Å². The lowest BCUT2D eigenvalue weighted by Gasteiger charge is -2.49. The van der Waals surface area contributed by atoms with Crippen LogP contribution in [0, 0.1) is 5.92 Å². The summed E-state index contributed by atoms with van der Waals surface area (Å²) in [6.07, 6.45) is 0.983. The summed E-state index contributed by atoms with van der Waals surface area (Å²) in [5, 5.41) is 10.7. The fraction of sp³-hybridized carbons (Fsp3) is 0.500. The van der Waals surface area contributed by atoms with Crippen LogP contribution in [0.4, 0.5) is 0 Å². The summed E-state index contributed by atoms with van der Waals surface area (Å²) in [6.45, 7) is 13.3. The Balaban J connectivity index is 1.42. The normalized spacial score (nSPS) is 23.4. The number of furan rings is 1. The number of amides is 2. The lowest BCUT2D eigenvalue weighted by atomic mass is 9.71. The number of hydrogen-bond donors (Lipinski definition) is 1. The van der Waals surface area contributed by atoms with Gasteiger partial charge in [-0.05, 0) is 57.2 Å². The van der Waals surface area contributed by atoms with Crippen molar-refractivity contribution in [1.29, 1.82) is 0 Å². The van der Waals surface area contributed by atoms with Crippen molar-refractivity contribution in [2.75, 3.05) is 19.6 Å². The van der Waals surface area contributed by atoms with Crippen LogP contribution in [0.2, 0.25) is 5.02 Å². The van der Waals surface area contributed by atoms with Gasteiger partial charge < -0.3 is 19.3 Å². The Morgan fingerprint density at radius 3 is 2.32 bits per heavy atom. The van der Waals surface area contributed by atoms with Crippen LogP contribution in [0.5, 0.6) is 0 Å². The molecule has 202 valence electrons. The molecule has 1 saturated carbocycles. The fourth-order valence-corrected chi connectivity index (χ4v) is 5.87. The molecule has 1 saturated heterocycles. The number of aromatic nitrogens is 1. The number of rotatable bonds is 3. The Hall–Kier alpha value is -2.90. The van der Waals surface area contributed by atoms with Crippen molar-refractivity contribution in [2.24, 2.45) is 5.92 Å². The maximum Gasteiger partial charge on any atom is 0.290 e. The van der Waals surface area contributed by atoms with Gasteiger partial charge in [-0.1, -0.05) is 44.5 Å². The van der Waals surface area contributed by atoms with Crippen LogP contribution in [-0.2, 0) is 10.2 Å². The standard InChI is InChI=1S/C30H36ClN3O4/c1-28(2,3)21-13-22(18-7-9-20(31)10-8-18)32-23-14-24(38-25(21)23)27(36)34-12-11-33(17-29(34,4)5)26(35)19-15-30(6,37)16-19/h7-10,13-14,19,37H,11-12,15-17H2,1-6H3. The van der Waals surface area contributed by atoms with Crippen molar-refractivity contribution in [3.05, 3.63) is 52.7 Å². The number of aliphatic hydroxyl groups is 1. The molecule has 3 heterocycles. The van der Waals surface area contributed by atoms with Crippen molar-refractivity contribution < 1.29 is 19.1 Å². The van der Waals surface area contributed by atoms with Crippen LogP contribution in [0.3, 0.4) is 0 Å². The maximum absolute atomic E-state index is 13.8. The highest BCUT2D eigenvalue weighted by Gasteiger charge is 2.47. The summed E-state index contributed by atoms with van der Waals surface area (Å²) in [5.41, 5.74) is 2.38. The molecule has 5 rings (SSSR count). The number of pyridine rings is 1. The molecule has 0 bridgehead atoms. The molecule has 1 N–H and O–H groups in total. The van der Waals surface area contributed by atoms with E-state index >= 15 is 0 Å². The highest BCUT2D eigenvalue weighted by Crippen LogP contribution is 2.40. The average molecular weight is 538 g/mol. The molecule has 1 aliphatic carbocycles. The molecule has 1 aliphatic heterocycles. The first-order chi connectivity index (χ1) is 17.6. The molecular weight excluding hydrogens is 502 g/mol. The van der Waals surface area contributed by atoms with Gasteiger partial charge in [0.25, 0.3) is 5.91 Å². The Bertz CT molecular complexity index is 1390. The van der Waals surface area contributed by atoms with Crippen molar-refractivity contribution in [1.82, 2.24) is 14.8 Å². The Labute approximate surface area is 228 Å². The van der Waals surface area contributed by atoms with E-state index < -0.39 is 11.1 Å². The number of benzene rings is 1. The molecule has 0 atom stereocenters. The molecule has 7 nitrogen and oxygen atoms in total. The SMILES string of the molecule is CC1(O)CC(C(=O)N2CCN(C(=O)c3cc4nc(-c5ccc(Cl)cc5)cc(C(C)(C)C)c4o3)C(C)(C)C2)C1. The van der Waals surface area contributed by atoms with Gasteiger partial charge in [0, 0.05) is 47.8 Å². The second-order valence-corrected chi connectivity index (χ2v) is 13.2. The lowest BCUT2D eigenvalue weighted by molar-refractivity contribution is -0.153. The minimum atomic E-state index is -0.748. The van der Waals surface area contributed by atoms with Crippen LogP contribution in [0.15, 0.2) is 40.8 Å². The zero-order valence-corrected chi connectivity index (χ0v) is 23.7. The van der Waals surface area contributed by atoms with E-state index in [2.05, 4.69) is 20.8 Å². The van der Waals surface area contributed by atoms with E-state index in [0.717, 1.165) is 16.8 Å². The Morgan fingerprint density at radius 1 is 1.08 bits per heavy atom. The predicted octanol–water partition coefficient (Wildman–Crippen LogP) is 5.67. The molecule has 0 radical (unpaired) electrons. The molecule has 8 heteroatoms. The van der Waals surface area contributed by atoms with Gasteiger partial charge in [0.2, 0.25) is 5.91 Å². The Morgan fingerprint density at radius 2 is 1.74 bits per heavy atom. The molecule has 2 aromatic heterocycles. The summed E-state index contributed by atoms with van der Waals surface area (Å²) in [7, 11) is 0. The van der Waals surface area contributed by atoms with Gasteiger partial charge in [0.1, 0.15) is 5.52 Å². The third-order valence-corrected chi connectivity index (χ3v) is 8.07. The molecule has 2 fully saturated rings. The summed E-state index contributed by atoms with van der Waals surface area (Å²) < 4.78 is 6.22. The lowest BCUT2D eigenvalue weighted by Crippen LogP contribution is -2.63. The minimum absolute atomic E-state index is 0.0641. The second-order valence-electron chi connectivity index (χ2n) is 12.8. The highest BCUT2D eigenvalue weighted by molar-refractivity contribution is 6.30. The molecule has 1 aromatic carbocycles. The van der Waals surface area contributed by atoms with E-state index in [1.807, 2.05) is 49.1 Å². The quantitative estimate of drug-likeness (QED) is 0.465. The van der Waals surface area contributed by atoms with Crippen LogP contribution in [0.1, 0.15) is 70.5 Å². The predicted molar refractivity (Wildman–Crippen MR) is 148 cm³/mol. The largest absolute Gasteiger partial charge is 0.449 e. The van der Waals surface area contributed by atoms with Crippen LogP contribution in [0.25, 0.3) is 22.4 Å². The molecule has 0 unspecified atom stereocenters. The van der Waals surface area contributed by atoms with Gasteiger partial charge in [-0.3, -0.25) is 9.59 Å². The summed E-state index contributed by atoms with van der Waals surface area (Å²) in [4.78, 5) is 35.2. The number of halogens is 1. The number of nitrogens with zero attached hydrogens (tertiary/aromatic N) is 3. The third-order valence-electron chi connectivity index (χ3n) is 7.82. The number of carbonyl (C=O) groups excluding carboxylic acids is 2. The molecule has 2 amide bonds. The van der Waals surface area contributed by atoms with Crippen molar-refractivity contribution in [2.45, 2.75) is 70.9 Å². The minimum Gasteiger partial charge on any atom is -0.449 e. The number of carbonyl (C=O) groups is 2. The zero-order chi connectivity index (χ0) is 27.6. The van der Waals surface area contributed by atoms with E-state index in [1.54, 1.807) is 17.9 Å². The van der Waals surface area contributed by atoms with Gasteiger partial charge >= 0.3 is 0 Å². The van der Waals surface area contributed by atoms with E-state index in [4.69, 9.17) is 21.0 Å². The van der Waals surface area contributed by atoms with Crippen molar-refractivity contribution >= 4 is 34.5 Å². The van der Waals surface area contributed by atoms with E-state index in [9.17, 15) is 14.7 Å². The average Bonchev–Trinajstić information content (AvgIpc) is 3.24. The van der Waals surface area contributed by atoms with Crippen molar-refractivity contribution in [3.63, 3.8) is 0 Å². The molecule has 3 aromatic rings. The molecular formula is C30H36ClN3O4. The number of piperazine rings is 1. The highest BCUT2D eigenvalue weighted by atomic mass is 35.5. The van der Waals surface area contributed by atoms with Crippen LogP contribution < -0.4 is 0 Å². The number of fused-ring (bicyclic) bond motifs is 1. The van der Waals surface area contributed by atoms with Crippen LogP contribution >= 0.6 is 11.6 Å². The van der Waals surface area contributed by atoms with E-state index in [0.29, 0.717) is 48.6 Å². The van der Waals surface area contributed by atoms with E-state index in [-0.39, 0.29) is 28.9 Å². The first kappa shape index (κ1) is 26.7. The monoisotopic (exact) mass is 537 g/mol. The third kappa shape index (κ3) is 4.94. The molecule has 38 heavy (non-hydrogen) atoms. The summed E-state index contributed by atoms with van der Waals surface area (Å²) in [5.74, 6) is -0.0435. The molecule has 2 aliphatic rings. The van der Waals surface area contributed by atoms with Crippen LogP contribution in [-0.4, -0.2) is 62.5 Å². The first-order valence-corrected chi connectivity index (χ1v) is 13.6. The second kappa shape index (κ2) is 9.09. The maximum atomic E-state index is 13.8. The van der Waals surface area contributed by atoms with Crippen molar-refractivity contribution in [3.8, 4) is 11.3 Å². The van der Waals surface area contributed by atoms with E-state index in [1.165, 1.54) is 0 Å². The zero-order valence-electron chi connectivity index (χ0n) is 23.0. The Kier molecular flexibility index (Phi) is 6.39. The van der Waals surface area contributed by atoms with Gasteiger partial charge in [-0.15, -0.1) is 0 Å². The van der Waals surface area contributed by atoms with Gasteiger partial charge in [0.05, 0.1) is 16.8 Å². The number of hydrogen-bond acceptors (Lipinski definition) is 5. The summed E-state index contributed by atoms with van der Waals surface area (Å²) >= 11 is 6.09. The summed E-state index contributed by atoms with van der Waals surface area (Å²) in [6, 6.07) is 11.3.